The molecule has 0 saturated heterocycles. The molecule has 0 saturated carbocycles. The molecule has 2 rings (SSSR count). The number of nitrogens with zero attached hydrogens (tertiary/aromatic N) is 2. The van der Waals surface area contributed by atoms with Crippen LogP contribution in [0.4, 0.5) is 28.9 Å². The summed E-state index contributed by atoms with van der Waals surface area (Å²) in [7, 11) is 0.988. The second-order valence-electron chi connectivity index (χ2n) is 5.53. The zero-order chi connectivity index (χ0) is 21.2. The van der Waals surface area contributed by atoms with Crippen LogP contribution in [0.5, 0.6) is 0 Å². The SMILES string of the molecule is COC(=O)C1=C(Nc2cc(C(F)(F)F)cc([N+](=O)[O-])c2F)C(=O)N(CCO)C1. The number of aliphatic hydroxyl groups is 1. The Bertz CT molecular complexity index is 868. The molecule has 0 unspecified atom stereocenters. The predicted molar refractivity (Wildman–Crippen MR) is 84.4 cm³/mol. The van der Waals surface area contributed by atoms with Crippen molar-refractivity contribution < 1.29 is 41.9 Å². The number of amides is 1. The van der Waals surface area contributed by atoms with Crippen LogP contribution in [0.1, 0.15) is 5.56 Å². The van der Waals surface area contributed by atoms with E-state index in [1.54, 1.807) is 0 Å². The maximum Gasteiger partial charge on any atom is 0.416 e. The number of aliphatic hydroxyl groups excluding tert-OH is 1. The first-order valence-corrected chi connectivity index (χ1v) is 7.55. The molecule has 28 heavy (non-hydrogen) atoms. The van der Waals surface area contributed by atoms with Crippen LogP contribution in [0.15, 0.2) is 23.4 Å². The molecule has 0 spiro atoms. The van der Waals surface area contributed by atoms with E-state index in [1.165, 1.54) is 0 Å². The minimum absolute atomic E-state index is 0.0185. The standard InChI is InChI=1S/C15H13F4N3O6/c1-28-14(25)8-6-21(2-3-23)13(24)12(8)20-9-4-7(15(17,18)19)5-10(11(9)16)22(26)27/h4-5,20,23H,2-3,6H2,1H3. The number of halogens is 4. The van der Waals surface area contributed by atoms with Crippen LogP contribution in [-0.4, -0.2) is 53.6 Å². The summed E-state index contributed by atoms with van der Waals surface area (Å²) >= 11 is 0. The number of hydrogen-bond acceptors (Lipinski definition) is 7. The molecule has 1 aromatic rings. The van der Waals surface area contributed by atoms with E-state index in [0.29, 0.717) is 0 Å². The highest BCUT2D eigenvalue weighted by molar-refractivity contribution is 6.08. The molecule has 0 bridgehead atoms. The topological polar surface area (TPSA) is 122 Å². The molecule has 1 aliphatic heterocycles. The third kappa shape index (κ3) is 4.03. The van der Waals surface area contributed by atoms with Crippen molar-refractivity contribution in [2.45, 2.75) is 6.18 Å². The smallest absolute Gasteiger partial charge is 0.416 e. The highest BCUT2D eigenvalue weighted by Crippen LogP contribution is 2.37. The summed E-state index contributed by atoms with van der Waals surface area (Å²) in [6.07, 6.45) is -5.03. The Balaban J connectivity index is 2.58. The summed E-state index contributed by atoms with van der Waals surface area (Å²) < 4.78 is 57.8. The van der Waals surface area contributed by atoms with Gasteiger partial charge in [-0.05, 0) is 6.07 Å². The lowest BCUT2D eigenvalue weighted by molar-refractivity contribution is -0.387. The molecule has 0 aromatic heterocycles. The van der Waals surface area contributed by atoms with Gasteiger partial charge in [-0.25, -0.2) is 4.79 Å². The minimum atomic E-state index is -5.03. The molecule has 1 heterocycles. The van der Waals surface area contributed by atoms with E-state index in [2.05, 4.69) is 4.74 Å². The van der Waals surface area contributed by atoms with E-state index in [1.807, 2.05) is 5.32 Å². The molecular formula is C15H13F4N3O6. The number of nitro benzene ring substituents is 1. The summed E-state index contributed by atoms with van der Waals surface area (Å²) in [4.78, 5) is 34.7. The second-order valence-corrected chi connectivity index (χ2v) is 5.53. The van der Waals surface area contributed by atoms with Crippen LogP contribution in [0.3, 0.4) is 0 Å². The fraction of sp³-hybridized carbons (Fsp3) is 0.333. The van der Waals surface area contributed by atoms with Crippen molar-refractivity contribution in [3.8, 4) is 0 Å². The molecule has 1 aliphatic rings. The fourth-order valence-corrected chi connectivity index (χ4v) is 2.48. The van der Waals surface area contributed by atoms with Gasteiger partial charge in [-0.2, -0.15) is 17.6 Å². The van der Waals surface area contributed by atoms with Gasteiger partial charge >= 0.3 is 17.8 Å². The van der Waals surface area contributed by atoms with Crippen molar-refractivity contribution in [1.29, 1.82) is 0 Å². The van der Waals surface area contributed by atoms with Crippen LogP contribution in [0.2, 0.25) is 0 Å². The maximum absolute atomic E-state index is 14.4. The van der Waals surface area contributed by atoms with E-state index in [9.17, 15) is 37.3 Å². The van der Waals surface area contributed by atoms with Crippen molar-refractivity contribution in [1.82, 2.24) is 4.90 Å². The largest absolute Gasteiger partial charge is 0.466 e. The average Bonchev–Trinajstić information content (AvgIpc) is 2.91. The van der Waals surface area contributed by atoms with E-state index in [0.717, 1.165) is 12.0 Å². The number of ether oxygens (including phenoxy) is 1. The van der Waals surface area contributed by atoms with E-state index in [4.69, 9.17) is 5.11 Å². The number of carbonyl (C=O) groups is 2. The number of nitro groups is 1. The molecule has 9 nitrogen and oxygen atoms in total. The number of β-amino-alcohol motifs (C(OH)–C–C–N with tert-alkyl or cyclic N) is 1. The average molecular weight is 407 g/mol. The lowest BCUT2D eigenvalue weighted by Gasteiger charge is -2.15. The monoisotopic (exact) mass is 407 g/mol. The van der Waals surface area contributed by atoms with Crippen LogP contribution >= 0.6 is 0 Å². The Hall–Kier alpha value is -3.22. The normalized spacial score (nSPS) is 14.5. The number of benzene rings is 1. The number of methoxy groups -OCH3 is 1. The Morgan fingerprint density at radius 1 is 1.43 bits per heavy atom. The van der Waals surface area contributed by atoms with Gasteiger partial charge in [-0.3, -0.25) is 14.9 Å². The molecule has 0 fully saturated rings. The first-order valence-electron chi connectivity index (χ1n) is 7.55. The predicted octanol–water partition coefficient (Wildman–Crippen LogP) is 1.43. The third-order valence-electron chi connectivity index (χ3n) is 3.79. The summed E-state index contributed by atoms with van der Waals surface area (Å²) in [6.45, 7) is -1.04. The Morgan fingerprint density at radius 3 is 2.57 bits per heavy atom. The van der Waals surface area contributed by atoms with Gasteiger partial charge in [0, 0.05) is 12.6 Å². The Labute approximate surface area is 154 Å². The highest BCUT2D eigenvalue weighted by Gasteiger charge is 2.38. The van der Waals surface area contributed by atoms with E-state index < -0.39 is 58.0 Å². The molecule has 0 radical (unpaired) electrons. The van der Waals surface area contributed by atoms with Crippen molar-refractivity contribution in [3.63, 3.8) is 0 Å². The number of hydrogen-bond donors (Lipinski definition) is 2. The van der Waals surface area contributed by atoms with Gasteiger partial charge in [-0.1, -0.05) is 0 Å². The highest BCUT2D eigenvalue weighted by atomic mass is 19.4. The van der Waals surface area contributed by atoms with Crippen LogP contribution in [0.25, 0.3) is 0 Å². The van der Waals surface area contributed by atoms with Crippen molar-refractivity contribution >= 4 is 23.3 Å². The quantitative estimate of drug-likeness (QED) is 0.317. The van der Waals surface area contributed by atoms with Crippen molar-refractivity contribution in [2.24, 2.45) is 0 Å². The summed E-state index contributed by atoms with van der Waals surface area (Å²) in [5.74, 6) is -3.59. The van der Waals surface area contributed by atoms with Crippen LogP contribution in [-0.2, 0) is 20.5 Å². The zero-order valence-electron chi connectivity index (χ0n) is 14.2. The number of nitrogens with one attached hydrogen (secondary N) is 1. The minimum Gasteiger partial charge on any atom is -0.466 e. The van der Waals surface area contributed by atoms with Gasteiger partial charge in [0.15, 0.2) is 0 Å². The van der Waals surface area contributed by atoms with Crippen LogP contribution in [0, 0.1) is 15.9 Å². The van der Waals surface area contributed by atoms with Gasteiger partial charge in [-0.15, -0.1) is 0 Å². The van der Waals surface area contributed by atoms with Crippen molar-refractivity contribution in [3.05, 3.63) is 44.9 Å². The number of esters is 1. The molecular weight excluding hydrogens is 394 g/mol. The van der Waals surface area contributed by atoms with Gasteiger partial charge < -0.3 is 20.1 Å². The lowest BCUT2D eigenvalue weighted by atomic mass is 10.1. The zero-order valence-corrected chi connectivity index (χ0v) is 14.2. The molecule has 2 N–H and O–H groups in total. The molecule has 152 valence electrons. The molecule has 13 heteroatoms. The summed E-state index contributed by atoms with van der Waals surface area (Å²) in [5, 5.41) is 21.9. The van der Waals surface area contributed by atoms with Gasteiger partial charge in [0.2, 0.25) is 5.82 Å². The number of anilines is 1. The summed E-state index contributed by atoms with van der Waals surface area (Å²) in [6, 6.07) is 0.261. The van der Waals surface area contributed by atoms with E-state index in [-0.39, 0.29) is 30.8 Å². The number of rotatable bonds is 6. The van der Waals surface area contributed by atoms with Crippen LogP contribution < -0.4 is 5.32 Å². The van der Waals surface area contributed by atoms with Crippen molar-refractivity contribution in [2.75, 3.05) is 32.1 Å². The molecule has 0 aliphatic carbocycles. The number of alkyl halides is 3. The van der Waals surface area contributed by atoms with Gasteiger partial charge in [0.25, 0.3) is 5.91 Å². The fourth-order valence-electron chi connectivity index (χ4n) is 2.48. The Kier molecular flexibility index (Phi) is 5.87. The Morgan fingerprint density at radius 2 is 2.07 bits per heavy atom. The molecule has 1 amide bonds. The lowest BCUT2D eigenvalue weighted by Crippen LogP contribution is -2.31. The van der Waals surface area contributed by atoms with E-state index >= 15 is 0 Å². The first-order chi connectivity index (χ1) is 13.0. The summed E-state index contributed by atoms with van der Waals surface area (Å²) in [5.41, 5.74) is -4.94. The van der Waals surface area contributed by atoms with Gasteiger partial charge in [0.1, 0.15) is 5.70 Å². The molecule has 1 aromatic carbocycles. The first kappa shape index (κ1) is 21.1. The maximum atomic E-state index is 14.4. The molecule has 0 atom stereocenters. The van der Waals surface area contributed by atoms with Gasteiger partial charge in [0.05, 0.1) is 42.0 Å². The number of carbonyl (C=O) groups excluding carboxylic acids is 2. The third-order valence-corrected chi connectivity index (χ3v) is 3.79. The second kappa shape index (κ2) is 7.80.